The zero-order valence-electron chi connectivity index (χ0n) is 20.8. The molecule has 0 fully saturated rings. The third-order valence-corrected chi connectivity index (χ3v) is 8.29. The molecular weight excluding hydrogens is 526 g/mol. The Hall–Kier alpha value is -3.62. The molecule has 0 amide bonds. The first kappa shape index (κ1) is 24.7. The summed E-state index contributed by atoms with van der Waals surface area (Å²) in [6.45, 7) is 6.18. The molecule has 0 spiro atoms. The van der Waals surface area contributed by atoms with Crippen LogP contribution >= 0.6 is 22.9 Å². The van der Waals surface area contributed by atoms with Gasteiger partial charge >= 0.3 is 0 Å². The van der Waals surface area contributed by atoms with Crippen molar-refractivity contribution in [3.05, 3.63) is 93.8 Å². The average molecular weight is 549 g/mol. The summed E-state index contributed by atoms with van der Waals surface area (Å²) in [4.78, 5) is 4.47. The summed E-state index contributed by atoms with van der Waals surface area (Å²) in [6.07, 6.45) is 0.611. The summed E-state index contributed by atoms with van der Waals surface area (Å²) in [7, 11) is 0. The molecule has 0 bridgehead atoms. The van der Waals surface area contributed by atoms with Crippen molar-refractivity contribution in [2.24, 2.45) is 10.2 Å². The Morgan fingerprint density at radius 2 is 1.68 bits per heavy atom. The van der Waals surface area contributed by atoms with Crippen LogP contribution in [0.1, 0.15) is 38.3 Å². The fourth-order valence-corrected chi connectivity index (χ4v) is 6.50. The lowest BCUT2D eigenvalue weighted by Crippen LogP contribution is -2.41. The van der Waals surface area contributed by atoms with Crippen LogP contribution in [-0.2, 0) is 11.0 Å². The van der Waals surface area contributed by atoms with E-state index in [9.17, 15) is 9.50 Å². The van der Waals surface area contributed by atoms with Crippen molar-refractivity contribution in [3.8, 4) is 17.1 Å². The van der Waals surface area contributed by atoms with E-state index in [0.717, 1.165) is 22.2 Å². The molecule has 2 aromatic heterocycles. The average Bonchev–Trinajstić information content (AvgIpc) is 3.44. The zero-order valence-corrected chi connectivity index (χ0v) is 22.4. The molecule has 1 aliphatic heterocycles. The highest BCUT2D eigenvalue weighted by molar-refractivity contribution is 7.13. The molecular formula is C29H23ClF2N4OS. The molecule has 192 valence electrons. The van der Waals surface area contributed by atoms with E-state index in [4.69, 9.17) is 11.6 Å². The minimum atomic E-state index is -0.539. The van der Waals surface area contributed by atoms with Gasteiger partial charge in [-0.05, 0) is 79.9 Å². The van der Waals surface area contributed by atoms with E-state index < -0.39 is 16.8 Å². The monoisotopic (exact) mass is 548 g/mol. The van der Waals surface area contributed by atoms with E-state index in [0.29, 0.717) is 27.7 Å². The quantitative estimate of drug-likeness (QED) is 0.227. The van der Waals surface area contributed by atoms with E-state index in [1.165, 1.54) is 29.5 Å². The van der Waals surface area contributed by atoms with Crippen LogP contribution in [0.4, 0.5) is 19.6 Å². The van der Waals surface area contributed by atoms with Crippen molar-refractivity contribution in [1.82, 2.24) is 9.55 Å². The van der Waals surface area contributed by atoms with Crippen molar-refractivity contribution in [2.45, 2.75) is 38.1 Å². The van der Waals surface area contributed by atoms with Gasteiger partial charge in [0.1, 0.15) is 11.6 Å². The molecule has 5 nitrogen and oxygen atoms in total. The maximum Gasteiger partial charge on any atom is 0.230 e. The summed E-state index contributed by atoms with van der Waals surface area (Å²) in [6, 6.07) is 16.6. The fraction of sp³-hybridized carbons (Fsp3) is 0.207. The zero-order chi connectivity index (χ0) is 26.8. The number of azo groups is 1. The molecule has 0 aliphatic carbocycles. The number of benzene rings is 3. The smallest absolute Gasteiger partial charge is 0.230 e. The van der Waals surface area contributed by atoms with Crippen LogP contribution in [0, 0.1) is 11.6 Å². The normalized spacial score (nSPS) is 18.5. The van der Waals surface area contributed by atoms with Gasteiger partial charge in [0.05, 0.1) is 11.2 Å². The molecule has 1 N–H and O–H groups in total. The number of hydrogen-bond acceptors (Lipinski definition) is 5. The largest absolute Gasteiger partial charge is 0.493 e. The summed E-state index contributed by atoms with van der Waals surface area (Å²) < 4.78 is 30.2. The van der Waals surface area contributed by atoms with Gasteiger partial charge in [-0.1, -0.05) is 30.7 Å². The Morgan fingerprint density at radius 3 is 2.39 bits per heavy atom. The highest BCUT2D eigenvalue weighted by Crippen LogP contribution is 2.55. The summed E-state index contributed by atoms with van der Waals surface area (Å²) in [5.41, 5.74) is 3.01. The number of thiazole rings is 1. The second-order valence-corrected chi connectivity index (χ2v) is 11.7. The minimum absolute atomic E-state index is 0.0749. The van der Waals surface area contributed by atoms with Crippen LogP contribution in [0.2, 0.25) is 5.02 Å². The molecule has 3 heterocycles. The highest BCUT2D eigenvalue weighted by atomic mass is 35.5. The number of rotatable bonds is 4. The van der Waals surface area contributed by atoms with Gasteiger partial charge in [-0.2, -0.15) is 0 Å². The van der Waals surface area contributed by atoms with Crippen LogP contribution in [-0.4, -0.2) is 14.7 Å². The van der Waals surface area contributed by atoms with E-state index in [2.05, 4.69) is 22.1 Å². The van der Waals surface area contributed by atoms with Gasteiger partial charge in [0.2, 0.25) is 11.0 Å². The molecule has 3 aromatic carbocycles. The molecule has 38 heavy (non-hydrogen) atoms. The van der Waals surface area contributed by atoms with Crippen LogP contribution in [0.5, 0.6) is 5.88 Å². The van der Waals surface area contributed by atoms with Crippen LogP contribution in [0.15, 0.2) is 76.3 Å². The Balaban J connectivity index is 1.49. The topological polar surface area (TPSA) is 62.8 Å². The first-order valence-electron chi connectivity index (χ1n) is 12.0. The van der Waals surface area contributed by atoms with Crippen molar-refractivity contribution >= 4 is 44.7 Å². The van der Waals surface area contributed by atoms with Crippen molar-refractivity contribution in [2.75, 3.05) is 0 Å². The van der Waals surface area contributed by atoms with Gasteiger partial charge in [0.25, 0.3) is 0 Å². The lowest BCUT2D eigenvalue weighted by molar-refractivity contribution is 0.236. The van der Waals surface area contributed by atoms with Gasteiger partial charge in [0, 0.05) is 32.3 Å². The molecule has 1 atom stereocenters. The maximum absolute atomic E-state index is 15.1. The Morgan fingerprint density at radius 1 is 0.974 bits per heavy atom. The molecule has 0 saturated heterocycles. The molecule has 9 heteroatoms. The van der Waals surface area contributed by atoms with E-state index in [1.54, 1.807) is 23.6 Å². The molecule has 1 unspecified atom stereocenters. The van der Waals surface area contributed by atoms with Crippen LogP contribution < -0.4 is 0 Å². The number of hydrogen-bond donors (Lipinski definition) is 1. The van der Waals surface area contributed by atoms with Gasteiger partial charge in [-0.15, -0.1) is 21.6 Å². The summed E-state index contributed by atoms with van der Waals surface area (Å²) >= 11 is 7.42. The van der Waals surface area contributed by atoms with Crippen LogP contribution in [0.3, 0.4) is 0 Å². The van der Waals surface area contributed by atoms with E-state index in [1.807, 2.05) is 42.7 Å². The number of halogens is 3. The van der Waals surface area contributed by atoms with Crippen molar-refractivity contribution in [3.63, 3.8) is 0 Å². The molecule has 1 aliphatic rings. The summed E-state index contributed by atoms with van der Waals surface area (Å²) in [5.74, 6) is -0.822. The van der Waals surface area contributed by atoms with Crippen LogP contribution in [0.25, 0.3) is 22.2 Å². The SMILES string of the molecule is CC1(c2ccc(Cl)cc2)CC(C)(C)n2c(O)c(N=Nc3nc(-c4ccc(F)cc4)cs3)c3cc(F)cc1c32. The lowest BCUT2D eigenvalue weighted by atomic mass is 9.66. The summed E-state index contributed by atoms with van der Waals surface area (Å²) in [5, 5.41) is 23.3. The minimum Gasteiger partial charge on any atom is -0.493 e. The highest BCUT2D eigenvalue weighted by Gasteiger charge is 2.45. The Kier molecular flexibility index (Phi) is 5.66. The van der Waals surface area contributed by atoms with E-state index >= 15 is 4.39 Å². The van der Waals surface area contributed by atoms with Gasteiger partial charge < -0.3 is 9.67 Å². The first-order chi connectivity index (χ1) is 18.1. The molecule has 0 radical (unpaired) electrons. The molecule has 6 rings (SSSR count). The standard InChI is InChI=1S/C29H23ClF2N4OS/c1-28(2)15-29(3,17-6-8-18(30)9-7-17)22-13-20(32)12-21-24(26(37)36(28)25(21)22)34-35-27-33-23(14-38-27)16-4-10-19(31)11-5-16/h4-14,37H,15H2,1-3H3. The third-order valence-electron chi connectivity index (χ3n) is 7.31. The lowest BCUT2D eigenvalue weighted by Gasteiger charge is -2.45. The second-order valence-electron chi connectivity index (χ2n) is 10.4. The third kappa shape index (κ3) is 3.90. The molecule has 0 saturated carbocycles. The number of aromatic hydroxyl groups is 1. The fourth-order valence-electron chi connectivity index (χ4n) is 5.73. The van der Waals surface area contributed by atoms with Gasteiger partial charge in [-0.3, -0.25) is 0 Å². The number of nitrogens with zero attached hydrogens (tertiary/aromatic N) is 4. The van der Waals surface area contributed by atoms with Gasteiger partial charge in [0.15, 0.2) is 5.69 Å². The first-order valence-corrected chi connectivity index (χ1v) is 13.3. The number of aromatic nitrogens is 2. The second kappa shape index (κ2) is 8.71. The Labute approximate surface area is 227 Å². The van der Waals surface area contributed by atoms with Gasteiger partial charge in [-0.25, -0.2) is 13.8 Å². The van der Waals surface area contributed by atoms with Crippen molar-refractivity contribution < 1.29 is 13.9 Å². The van der Waals surface area contributed by atoms with E-state index in [-0.39, 0.29) is 17.4 Å². The van der Waals surface area contributed by atoms with Crippen molar-refractivity contribution in [1.29, 1.82) is 0 Å². The predicted molar refractivity (Wildman–Crippen MR) is 147 cm³/mol. The maximum atomic E-state index is 15.1. The Bertz CT molecular complexity index is 1720. The predicted octanol–water partition coefficient (Wildman–Crippen LogP) is 9.26. The molecule has 5 aromatic rings.